The number of fused-ring (bicyclic) bond motifs is 1. The van der Waals surface area contributed by atoms with E-state index in [4.69, 9.17) is 0 Å². The van der Waals surface area contributed by atoms with Gasteiger partial charge in [-0.05, 0) is 30.1 Å². The molecular weight excluding hydrogens is 115 g/mol. The fraction of sp³-hybridized carbons (Fsp3) is 1.00. The third kappa shape index (κ3) is 0.487. The number of rotatable bonds is 1. The van der Waals surface area contributed by atoms with Gasteiger partial charge < -0.3 is 0 Å². The molecule has 0 aliphatic heterocycles. The van der Waals surface area contributed by atoms with Crippen LogP contribution in [0.4, 0.5) is 4.39 Å². The largest absolute Gasteiger partial charge is 0.247 e. The molecule has 3 atom stereocenters. The lowest BCUT2D eigenvalue weighted by Gasteiger charge is -2.32. The lowest BCUT2D eigenvalue weighted by molar-refractivity contribution is 0.0841. The van der Waals surface area contributed by atoms with Gasteiger partial charge in [0.25, 0.3) is 0 Å². The van der Waals surface area contributed by atoms with E-state index in [1.807, 2.05) is 0 Å². The fourth-order valence-corrected chi connectivity index (χ4v) is 2.32. The van der Waals surface area contributed by atoms with Gasteiger partial charge in [-0.1, -0.05) is 13.8 Å². The highest BCUT2D eigenvalue weighted by molar-refractivity contribution is 5.17. The molecule has 2 aliphatic rings. The zero-order chi connectivity index (χ0) is 6.65. The van der Waals surface area contributed by atoms with Crippen molar-refractivity contribution < 1.29 is 4.39 Å². The Morgan fingerprint density at radius 2 is 2.11 bits per heavy atom. The van der Waals surface area contributed by atoms with Crippen molar-refractivity contribution in [3.8, 4) is 0 Å². The molecule has 0 bridgehead atoms. The van der Waals surface area contributed by atoms with Gasteiger partial charge in [0.05, 0.1) is 0 Å². The second-order valence-electron chi connectivity index (χ2n) is 3.92. The van der Waals surface area contributed by atoms with Crippen molar-refractivity contribution in [2.75, 3.05) is 0 Å². The highest BCUT2D eigenvalue weighted by Crippen LogP contribution is 2.72. The molecule has 2 fully saturated rings. The minimum atomic E-state index is -0.438. The van der Waals surface area contributed by atoms with Gasteiger partial charge in [-0.3, -0.25) is 0 Å². The lowest BCUT2D eigenvalue weighted by Crippen LogP contribution is -2.31. The first-order chi connectivity index (χ1) is 4.17. The maximum Gasteiger partial charge on any atom is 0.104 e. The maximum atomic E-state index is 12.6. The van der Waals surface area contributed by atoms with Crippen LogP contribution in [0, 0.1) is 17.3 Å². The minimum Gasteiger partial charge on any atom is -0.247 e. The highest BCUT2D eigenvalue weighted by Gasteiger charge is 2.68. The van der Waals surface area contributed by atoms with Gasteiger partial charge in [-0.15, -0.1) is 0 Å². The van der Waals surface area contributed by atoms with Crippen LogP contribution in [0.3, 0.4) is 0 Å². The smallest absolute Gasteiger partial charge is 0.104 e. The molecule has 0 nitrogen and oxygen atoms in total. The molecule has 0 aromatic carbocycles. The van der Waals surface area contributed by atoms with Gasteiger partial charge in [-0.25, -0.2) is 4.39 Å². The molecule has 0 saturated heterocycles. The van der Waals surface area contributed by atoms with Crippen LogP contribution in [0.5, 0.6) is 0 Å². The first kappa shape index (κ1) is 5.70. The van der Waals surface area contributed by atoms with Crippen LogP contribution in [-0.2, 0) is 0 Å². The summed E-state index contributed by atoms with van der Waals surface area (Å²) in [5, 5.41) is 0. The number of hydrogen-bond donors (Lipinski definition) is 0. The van der Waals surface area contributed by atoms with E-state index < -0.39 is 6.17 Å². The summed E-state index contributed by atoms with van der Waals surface area (Å²) in [5.74, 6) is 1.19. The Bertz CT molecular complexity index is 142. The molecule has 2 saturated carbocycles. The third-order valence-corrected chi connectivity index (χ3v) is 3.34. The Morgan fingerprint density at radius 3 is 2.22 bits per heavy atom. The van der Waals surface area contributed by atoms with E-state index in [0.29, 0.717) is 11.3 Å². The Hall–Kier alpha value is -0.0700. The minimum absolute atomic E-state index is 0.438. The average molecular weight is 128 g/mol. The Balaban J connectivity index is 2.04. The fourth-order valence-electron chi connectivity index (χ4n) is 2.32. The van der Waals surface area contributed by atoms with Gasteiger partial charge >= 0.3 is 0 Å². The quantitative estimate of drug-likeness (QED) is 0.508. The van der Waals surface area contributed by atoms with Crippen LogP contribution in [0.2, 0.25) is 0 Å². The van der Waals surface area contributed by atoms with E-state index in [2.05, 4.69) is 13.8 Å². The monoisotopic (exact) mass is 128 g/mol. The summed E-state index contributed by atoms with van der Waals surface area (Å²) in [6.07, 6.45) is 1.59. The molecule has 1 heteroatoms. The van der Waals surface area contributed by atoms with Crippen molar-refractivity contribution >= 4 is 0 Å². The molecule has 0 heterocycles. The van der Waals surface area contributed by atoms with Crippen LogP contribution in [0.1, 0.15) is 26.7 Å². The first-order valence-electron chi connectivity index (χ1n) is 3.81. The number of alkyl halides is 1. The van der Waals surface area contributed by atoms with Gasteiger partial charge in [0, 0.05) is 0 Å². The van der Waals surface area contributed by atoms with Crippen molar-refractivity contribution in [2.24, 2.45) is 17.3 Å². The topological polar surface area (TPSA) is 0 Å². The molecular formula is C8H13F. The van der Waals surface area contributed by atoms with Crippen molar-refractivity contribution in [1.29, 1.82) is 0 Å². The molecule has 0 N–H and O–H groups in total. The molecule has 0 aromatic heterocycles. The molecule has 2 rings (SSSR count). The molecule has 0 radical (unpaired) electrons. The van der Waals surface area contributed by atoms with Crippen LogP contribution in [0.15, 0.2) is 0 Å². The zero-order valence-electron chi connectivity index (χ0n) is 6.02. The summed E-state index contributed by atoms with van der Waals surface area (Å²) in [4.78, 5) is 0. The van der Waals surface area contributed by atoms with Crippen molar-refractivity contribution in [3.63, 3.8) is 0 Å². The standard InChI is InChI=1S/C8H13F/c1-5(2)8-3-6(8)7(9)4-8/h5-7H,3-4H2,1-2H3/t6-,7+,8+/m0/s1. The predicted octanol–water partition coefficient (Wildman–Crippen LogP) is 2.39. The Labute approximate surface area is 55.4 Å². The molecule has 9 heavy (non-hydrogen) atoms. The van der Waals surface area contributed by atoms with Crippen LogP contribution >= 0.6 is 0 Å². The molecule has 0 amide bonds. The van der Waals surface area contributed by atoms with Gasteiger partial charge in [0.2, 0.25) is 0 Å². The second kappa shape index (κ2) is 1.33. The van der Waals surface area contributed by atoms with Crippen molar-refractivity contribution in [3.05, 3.63) is 0 Å². The van der Waals surface area contributed by atoms with Crippen LogP contribution in [0.25, 0.3) is 0 Å². The van der Waals surface area contributed by atoms with E-state index in [-0.39, 0.29) is 0 Å². The van der Waals surface area contributed by atoms with Gasteiger partial charge in [0.15, 0.2) is 0 Å². The average Bonchev–Trinajstić information content (AvgIpc) is 2.36. The Kier molecular flexibility index (Phi) is 0.841. The molecule has 0 aromatic rings. The molecule has 52 valence electrons. The summed E-state index contributed by atoms with van der Waals surface area (Å²) in [7, 11) is 0. The normalized spacial score (nSPS) is 54.7. The van der Waals surface area contributed by atoms with E-state index in [1.165, 1.54) is 6.42 Å². The summed E-state index contributed by atoms with van der Waals surface area (Å²) < 4.78 is 12.6. The van der Waals surface area contributed by atoms with Gasteiger partial charge in [-0.2, -0.15) is 0 Å². The zero-order valence-corrected chi connectivity index (χ0v) is 6.02. The van der Waals surface area contributed by atoms with E-state index in [1.54, 1.807) is 0 Å². The number of halogens is 1. The molecule has 0 spiro atoms. The van der Waals surface area contributed by atoms with Crippen molar-refractivity contribution in [2.45, 2.75) is 32.9 Å². The third-order valence-electron chi connectivity index (χ3n) is 3.34. The first-order valence-corrected chi connectivity index (χ1v) is 3.81. The van der Waals surface area contributed by atoms with Crippen LogP contribution in [-0.4, -0.2) is 6.17 Å². The highest BCUT2D eigenvalue weighted by atomic mass is 19.1. The van der Waals surface area contributed by atoms with E-state index in [9.17, 15) is 4.39 Å². The Morgan fingerprint density at radius 1 is 1.44 bits per heavy atom. The number of hydrogen-bond acceptors (Lipinski definition) is 0. The maximum absolute atomic E-state index is 12.6. The summed E-state index contributed by atoms with van der Waals surface area (Å²) in [5.41, 5.74) is 0.486. The second-order valence-corrected chi connectivity index (χ2v) is 3.92. The van der Waals surface area contributed by atoms with Crippen LogP contribution < -0.4 is 0 Å². The summed E-state index contributed by atoms with van der Waals surface area (Å²) >= 11 is 0. The van der Waals surface area contributed by atoms with E-state index in [0.717, 1.165) is 12.3 Å². The van der Waals surface area contributed by atoms with E-state index >= 15 is 0 Å². The van der Waals surface area contributed by atoms with Crippen molar-refractivity contribution in [1.82, 2.24) is 0 Å². The van der Waals surface area contributed by atoms with Gasteiger partial charge in [0.1, 0.15) is 6.17 Å². The summed E-state index contributed by atoms with van der Waals surface area (Å²) in [6.45, 7) is 4.43. The summed E-state index contributed by atoms with van der Waals surface area (Å²) in [6, 6.07) is 0. The predicted molar refractivity (Wildman–Crippen MR) is 34.9 cm³/mol. The SMILES string of the molecule is CC(C)[C@@]12C[C@@H](F)[C@@H]1C2. The molecule has 0 unspecified atom stereocenters. The molecule has 2 aliphatic carbocycles. The lowest BCUT2D eigenvalue weighted by atomic mass is 9.75.